The summed E-state index contributed by atoms with van der Waals surface area (Å²) in [5, 5.41) is 0. The molecule has 0 heterocycles. The van der Waals surface area contributed by atoms with E-state index >= 15 is 4.39 Å². The number of rotatable bonds is 8. The molecule has 6 nitrogen and oxygen atoms in total. The first-order valence-electron chi connectivity index (χ1n) is 12.9. The Morgan fingerprint density at radius 2 is 1.18 bits per heavy atom. The van der Waals surface area contributed by atoms with Crippen LogP contribution in [0.1, 0.15) is 48.5 Å². The lowest BCUT2D eigenvalue weighted by molar-refractivity contribution is 0.0713. The van der Waals surface area contributed by atoms with E-state index in [9.17, 15) is 31.5 Å². The van der Waals surface area contributed by atoms with E-state index in [2.05, 4.69) is 4.74 Å². The van der Waals surface area contributed by atoms with Gasteiger partial charge in [-0.15, -0.1) is 0 Å². The molecule has 0 N–H and O–H groups in total. The number of carbonyl (C=O) groups excluding carboxylic acids is 2. The standard InChI is InChI=1S/C32H24F6O6/c1-14-11-19(42-13-18-9-7-6-8-10-18)12-20(41-5)21(14)31(39)43-29-16(3)15(2)22(17(4)23(29)33)32(40)44-30-27(37)25(35)24(34)26(36)28(30)38/h6-12H,13H2,1-5H3. The van der Waals surface area contributed by atoms with Crippen LogP contribution in [0.2, 0.25) is 0 Å². The molecule has 4 rings (SSSR count). The summed E-state index contributed by atoms with van der Waals surface area (Å²) >= 11 is 0. The Kier molecular flexibility index (Phi) is 9.22. The van der Waals surface area contributed by atoms with Crippen molar-refractivity contribution in [2.75, 3.05) is 7.11 Å². The van der Waals surface area contributed by atoms with Crippen LogP contribution < -0.4 is 18.9 Å². The second-order valence-corrected chi connectivity index (χ2v) is 9.66. The molecule has 0 bridgehead atoms. The highest BCUT2D eigenvalue weighted by Gasteiger charge is 2.32. The van der Waals surface area contributed by atoms with E-state index in [1.807, 2.05) is 30.3 Å². The average Bonchev–Trinajstić information content (AvgIpc) is 3.01. The van der Waals surface area contributed by atoms with Crippen LogP contribution in [0.3, 0.4) is 0 Å². The van der Waals surface area contributed by atoms with Crippen molar-refractivity contribution in [3.63, 3.8) is 0 Å². The van der Waals surface area contributed by atoms with Gasteiger partial charge in [-0.25, -0.2) is 27.2 Å². The molecule has 230 valence electrons. The molecular formula is C32H24F6O6. The van der Waals surface area contributed by atoms with E-state index < -0.39 is 69.5 Å². The third kappa shape index (κ3) is 5.92. The van der Waals surface area contributed by atoms with E-state index in [1.54, 1.807) is 13.0 Å². The maximum atomic E-state index is 15.6. The molecule has 0 amide bonds. The molecule has 4 aromatic carbocycles. The van der Waals surface area contributed by atoms with Gasteiger partial charge in [0.05, 0.1) is 12.7 Å². The van der Waals surface area contributed by atoms with Crippen molar-refractivity contribution in [1.29, 1.82) is 0 Å². The van der Waals surface area contributed by atoms with Gasteiger partial charge in [0.2, 0.25) is 34.8 Å². The van der Waals surface area contributed by atoms with Crippen molar-refractivity contribution in [3.05, 3.63) is 116 Å². The highest BCUT2D eigenvalue weighted by Crippen LogP contribution is 2.36. The summed E-state index contributed by atoms with van der Waals surface area (Å²) in [5.74, 6) is -17.6. The minimum atomic E-state index is -2.44. The first kappa shape index (κ1) is 31.9. The van der Waals surface area contributed by atoms with Gasteiger partial charge in [-0.1, -0.05) is 30.3 Å². The molecule has 4 aromatic rings. The van der Waals surface area contributed by atoms with Crippen LogP contribution in [0.4, 0.5) is 26.3 Å². The summed E-state index contributed by atoms with van der Waals surface area (Å²) < 4.78 is 105. The second kappa shape index (κ2) is 12.7. The van der Waals surface area contributed by atoms with Gasteiger partial charge in [0.1, 0.15) is 23.7 Å². The molecule has 0 aliphatic heterocycles. The van der Waals surface area contributed by atoms with Gasteiger partial charge in [-0.3, -0.25) is 0 Å². The molecule has 0 unspecified atom stereocenters. The quantitative estimate of drug-likeness (QED) is 0.0661. The molecule has 0 fully saturated rings. The Morgan fingerprint density at radius 1 is 0.636 bits per heavy atom. The summed E-state index contributed by atoms with van der Waals surface area (Å²) in [4.78, 5) is 26.1. The number of hydrogen-bond donors (Lipinski definition) is 0. The minimum absolute atomic E-state index is 0.0385. The highest BCUT2D eigenvalue weighted by atomic mass is 19.2. The van der Waals surface area contributed by atoms with Crippen molar-refractivity contribution in [3.8, 4) is 23.0 Å². The van der Waals surface area contributed by atoms with Gasteiger partial charge in [0, 0.05) is 11.6 Å². The van der Waals surface area contributed by atoms with Gasteiger partial charge in [-0.2, -0.15) is 8.78 Å². The molecule has 0 saturated carbocycles. The van der Waals surface area contributed by atoms with E-state index in [4.69, 9.17) is 14.2 Å². The van der Waals surface area contributed by atoms with E-state index in [0.717, 1.165) is 12.5 Å². The number of benzene rings is 4. The number of carbonyl (C=O) groups is 2. The monoisotopic (exact) mass is 618 g/mol. The van der Waals surface area contributed by atoms with Crippen LogP contribution in [0, 0.1) is 62.6 Å². The molecule has 0 aliphatic rings. The fraction of sp³-hybridized carbons (Fsp3) is 0.188. The molecule has 0 atom stereocenters. The SMILES string of the molecule is COc1cc(OCc2ccccc2)cc(C)c1C(=O)Oc1c(C)c(C)c(C(=O)Oc2c(F)c(F)c(F)c(F)c2F)c(C)c1F. The van der Waals surface area contributed by atoms with E-state index in [-0.39, 0.29) is 29.0 Å². The first-order chi connectivity index (χ1) is 20.8. The van der Waals surface area contributed by atoms with Gasteiger partial charge < -0.3 is 18.9 Å². The van der Waals surface area contributed by atoms with Crippen molar-refractivity contribution in [1.82, 2.24) is 0 Å². The second-order valence-electron chi connectivity index (χ2n) is 9.66. The summed E-state index contributed by atoms with van der Waals surface area (Å²) in [6.45, 7) is 5.50. The average molecular weight is 619 g/mol. The third-order valence-electron chi connectivity index (χ3n) is 6.89. The van der Waals surface area contributed by atoms with Crippen molar-refractivity contribution in [2.45, 2.75) is 34.3 Å². The maximum Gasteiger partial charge on any atom is 0.347 e. The number of esters is 2. The fourth-order valence-electron chi connectivity index (χ4n) is 4.44. The predicted octanol–water partition coefficient (Wildman–Crippen LogP) is 7.78. The van der Waals surface area contributed by atoms with Gasteiger partial charge in [-0.05, 0) is 56.0 Å². The minimum Gasteiger partial charge on any atom is -0.496 e. The Balaban J connectivity index is 1.64. The van der Waals surface area contributed by atoms with Gasteiger partial charge in [0.25, 0.3) is 0 Å². The molecule has 0 radical (unpaired) electrons. The highest BCUT2D eigenvalue weighted by molar-refractivity contribution is 5.97. The van der Waals surface area contributed by atoms with Gasteiger partial charge >= 0.3 is 11.9 Å². The zero-order valence-electron chi connectivity index (χ0n) is 24.0. The number of ether oxygens (including phenoxy) is 4. The molecule has 12 heteroatoms. The first-order valence-corrected chi connectivity index (χ1v) is 12.9. The number of aryl methyl sites for hydroxylation is 1. The zero-order chi connectivity index (χ0) is 32.5. The number of methoxy groups -OCH3 is 1. The topological polar surface area (TPSA) is 71.1 Å². The van der Waals surface area contributed by atoms with Crippen LogP contribution in [-0.4, -0.2) is 19.0 Å². The van der Waals surface area contributed by atoms with Crippen LogP contribution in [0.5, 0.6) is 23.0 Å². The van der Waals surface area contributed by atoms with Crippen LogP contribution >= 0.6 is 0 Å². The fourth-order valence-corrected chi connectivity index (χ4v) is 4.44. The molecule has 44 heavy (non-hydrogen) atoms. The summed E-state index contributed by atoms with van der Waals surface area (Å²) in [6.07, 6.45) is 0. The Bertz CT molecular complexity index is 1730. The molecule has 0 saturated heterocycles. The molecular weight excluding hydrogens is 594 g/mol. The van der Waals surface area contributed by atoms with Gasteiger partial charge in [0.15, 0.2) is 11.6 Å². The lowest BCUT2D eigenvalue weighted by Gasteiger charge is -2.19. The maximum absolute atomic E-state index is 15.6. The van der Waals surface area contributed by atoms with E-state index in [0.29, 0.717) is 11.3 Å². The summed E-state index contributed by atoms with van der Waals surface area (Å²) in [7, 11) is 1.32. The largest absolute Gasteiger partial charge is 0.496 e. The summed E-state index contributed by atoms with van der Waals surface area (Å²) in [6, 6.07) is 12.4. The molecule has 0 aromatic heterocycles. The van der Waals surface area contributed by atoms with Crippen LogP contribution in [-0.2, 0) is 6.61 Å². The number of hydrogen-bond acceptors (Lipinski definition) is 6. The van der Waals surface area contributed by atoms with Crippen LogP contribution in [0.25, 0.3) is 0 Å². The van der Waals surface area contributed by atoms with Crippen LogP contribution in [0.15, 0.2) is 42.5 Å². The normalized spacial score (nSPS) is 10.9. The van der Waals surface area contributed by atoms with Crippen molar-refractivity contribution in [2.24, 2.45) is 0 Å². The summed E-state index contributed by atoms with van der Waals surface area (Å²) in [5.41, 5.74) is 0.0778. The van der Waals surface area contributed by atoms with Crippen molar-refractivity contribution < 1.29 is 54.9 Å². The zero-order valence-corrected chi connectivity index (χ0v) is 24.0. The molecule has 0 aliphatic carbocycles. The number of halogens is 6. The Morgan fingerprint density at radius 3 is 1.77 bits per heavy atom. The predicted molar refractivity (Wildman–Crippen MR) is 145 cm³/mol. The Hall–Kier alpha value is -5.00. The van der Waals surface area contributed by atoms with E-state index in [1.165, 1.54) is 27.0 Å². The lowest BCUT2D eigenvalue weighted by Crippen LogP contribution is -2.19. The smallest absolute Gasteiger partial charge is 0.347 e. The third-order valence-corrected chi connectivity index (χ3v) is 6.89. The van der Waals surface area contributed by atoms with Crippen molar-refractivity contribution >= 4 is 11.9 Å². The Labute approximate surface area is 247 Å². The molecule has 0 spiro atoms. The lowest BCUT2D eigenvalue weighted by atomic mass is 9.96.